The van der Waals surface area contributed by atoms with Crippen LogP contribution in [0, 0.1) is 5.92 Å². The molecule has 0 fully saturated rings. The normalized spacial score (nSPS) is 13.2. The number of halogens is 5. The molecule has 0 spiro atoms. The van der Waals surface area contributed by atoms with Crippen LogP contribution in [0.5, 0.6) is 0 Å². The molecule has 1 atom stereocenters. The van der Waals surface area contributed by atoms with Gasteiger partial charge in [0.2, 0.25) is 0 Å². The standard InChI is InChI=1S/C16H15F5O6/c1-8(2)11(16(20,21)14(24)25)27-13(23)10-6-4-3-5-9(10)12(22)26-7-15(17,18)19/h3-6,8,11H,7H2,1-2H3,(H,24,25). The number of hydrogen-bond donors (Lipinski definition) is 1. The number of alkyl halides is 5. The van der Waals surface area contributed by atoms with Gasteiger partial charge in [0, 0.05) is 0 Å². The van der Waals surface area contributed by atoms with Crippen molar-refractivity contribution < 1.29 is 50.9 Å². The maximum absolute atomic E-state index is 13.8. The zero-order valence-electron chi connectivity index (χ0n) is 14.0. The topological polar surface area (TPSA) is 89.9 Å². The molecule has 11 heteroatoms. The molecule has 1 unspecified atom stereocenters. The minimum absolute atomic E-state index is 0.642. The predicted molar refractivity (Wildman–Crippen MR) is 79.4 cm³/mol. The third-order valence-electron chi connectivity index (χ3n) is 3.22. The lowest BCUT2D eigenvalue weighted by Crippen LogP contribution is -2.47. The summed E-state index contributed by atoms with van der Waals surface area (Å²) in [5, 5.41) is 8.61. The zero-order chi connectivity index (χ0) is 21.0. The molecule has 1 aromatic carbocycles. The Kier molecular flexibility index (Phi) is 6.87. The smallest absolute Gasteiger partial charge is 0.422 e. The van der Waals surface area contributed by atoms with Gasteiger partial charge in [0.25, 0.3) is 0 Å². The molecule has 0 saturated heterocycles. The summed E-state index contributed by atoms with van der Waals surface area (Å²) in [4.78, 5) is 34.7. The summed E-state index contributed by atoms with van der Waals surface area (Å²) in [7, 11) is 0. The minimum Gasteiger partial charge on any atom is -0.477 e. The largest absolute Gasteiger partial charge is 0.477 e. The van der Waals surface area contributed by atoms with E-state index in [2.05, 4.69) is 9.47 Å². The van der Waals surface area contributed by atoms with Gasteiger partial charge in [0.15, 0.2) is 12.7 Å². The van der Waals surface area contributed by atoms with E-state index in [9.17, 15) is 36.3 Å². The SMILES string of the molecule is CC(C)C(OC(=O)c1ccccc1C(=O)OCC(F)(F)F)C(F)(F)C(=O)O. The second-order valence-electron chi connectivity index (χ2n) is 5.73. The van der Waals surface area contributed by atoms with E-state index in [1.54, 1.807) is 0 Å². The van der Waals surface area contributed by atoms with E-state index in [1.807, 2.05) is 0 Å². The predicted octanol–water partition coefficient (Wildman–Crippen LogP) is 3.31. The van der Waals surface area contributed by atoms with Gasteiger partial charge in [-0.1, -0.05) is 26.0 Å². The summed E-state index contributed by atoms with van der Waals surface area (Å²) in [6.07, 6.45) is -7.18. The Hall–Kier alpha value is -2.72. The number of esters is 2. The van der Waals surface area contributed by atoms with Crippen LogP contribution in [-0.4, -0.2) is 47.8 Å². The highest BCUT2D eigenvalue weighted by atomic mass is 19.4. The Balaban J connectivity index is 3.10. The van der Waals surface area contributed by atoms with Crippen molar-refractivity contribution in [2.45, 2.75) is 32.1 Å². The number of carboxylic acids is 1. The average Bonchev–Trinajstić information content (AvgIpc) is 2.56. The number of carboxylic acid groups (broad SMARTS) is 1. The molecule has 0 heterocycles. The molecule has 27 heavy (non-hydrogen) atoms. The van der Waals surface area contributed by atoms with Crippen LogP contribution >= 0.6 is 0 Å². The lowest BCUT2D eigenvalue weighted by Gasteiger charge is -2.26. The van der Waals surface area contributed by atoms with Gasteiger partial charge in [-0.05, 0) is 18.1 Å². The van der Waals surface area contributed by atoms with Crippen LogP contribution in [0.15, 0.2) is 24.3 Å². The number of hydrogen-bond acceptors (Lipinski definition) is 5. The van der Waals surface area contributed by atoms with E-state index in [0.29, 0.717) is 0 Å². The van der Waals surface area contributed by atoms with Gasteiger partial charge in [-0.25, -0.2) is 14.4 Å². The lowest BCUT2D eigenvalue weighted by molar-refractivity contribution is -0.187. The van der Waals surface area contributed by atoms with Crippen molar-refractivity contribution in [3.05, 3.63) is 35.4 Å². The van der Waals surface area contributed by atoms with Crippen LogP contribution in [0.4, 0.5) is 22.0 Å². The van der Waals surface area contributed by atoms with Gasteiger partial charge in [-0.2, -0.15) is 22.0 Å². The van der Waals surface area contributed by atoms with Crippen molar-refractivity contribution in [1.29, 1.82) is 0 Å². The maximum Gasteiger partial charge on any atom is 0.422 e. The Morgan fingerprint density at radius 1 is 1.00 bits per heavy atom. The van der Waals surface area contributed by atoms with E-state index in [1.165, 1.54) is 26.0 Å². The van der Waals surface area contributed by atoms with Gasteiger partial charge in [-0.3, -0.25) is 0 Å². The first-order valence-electron chi connectivity index (χ1n) is 7.42. The van der Waals surface area contributed by atoms with Crippen LogP contribution in [0.2, 0.25) is 0 Å². The van der Waals surface area contributed by atoms with E-state index in [4.69, 9.17) is 5.11 Å². The Morgan fingerprint density at radius 3 is 1.89 bits per heavy atom. The van der Waals surface area contributed by atoms with Gasteiger partial charge in [0.1, 0.15) is 0 Å². The average molecular weight is 398 g/mol. The van der Waals surface area contributed by atoms with Crippen molar-refractivity contribution in [2.24, 2.45) is 5.92 Å². The van der Waals surface area contributed by atoms with Crippen molar-refractivity contribution >= 4 is 17.9 Å². The molecular formula is C16H15F5O6. The Bertz CT molecular complexity index is 713. The first-order valence-corrected chi connectivity index (χ1v) is 7.42. The van der Waals surface area contributed by atoms with Crippen LogP contribution in [0.3, 0.4) is 0 Å². The molecule has 0 aromatic heterocycles. The highest BCUT2D eigenvalue weighted by molar-refractivity contribution is 6.03. The molecule has 0 bridgehead atoms. The third-order valence-corrected chi connectivity index (χ3v) is 3.22. The van der Waals surface area contributed by atoms with Gasteiger partial charge in [-0.15, -0.1) is 0 Å². The van der Waals surface area contributed by atoms with Crippen LogP contribution in [0.1, 0.15) is 34.6 Å². The first kappa shape index (κ1) is 22.3. The summed E-state index contributed by atoms with van der Waals surface area (Å²) < 4.78 is 72.6. The number of ether oxygens (including phenoxy) is 2. The van der Waals surface area contributed by atoms with Gasteiger partial charge >= 0.3 is 30.0 Å². The molecule has 1 rings (SSSR count). The van der Waals surface area contributed by atoms with Crippen molar-refractivity contribution in [2.75, 3.05) is 6.61 Å². The molecular weight excluding hydrogens is 383 g/mol. The quantitative estimate of drug-likeness (QED) is 0.560. The summed E-state index contributed by atoms with van der Waals surface area (Å²) in [6.45, 7) is 0.442. The summed E-state index contributed by atoms with van der Waals surface area (Å²) in [5.74, 6) is -11.1. The van der Waals surface area contributed by atoms with E-state index in [0.717, 1.165) is 12.1 Å². The highest BCUT2D eigenvalue weighted by Crippen LogP contribution is 2.29. The molecule has 0 amide bonds. The fourth-order valence-electron chi connectivity index (χ4n) is 1.99. The lowest BCUT2D eigenvalue weighted by atomic mass is 10.0. The second-order valence-corrected chi connectivity index (χ2v) is 5.73. The number of benzene rings is 1. The number of rotatable bonds is 7. The summed E-state index contributed by atoms with van der Waals surface area (Å²) >= 11 is 0. The number of carbonyl (C=O) groups excluding carboxylic acids is 2. The summed E-state index contributed by atoms with van der Waals surface area (Å²) in [5.41, 5.74) is -1.29. The first-order chi connectivity index (χ1) is 12.3. The molecule has 0 aliphatic carbocycles. The van der Waals surface area contributed by atoms with Crippen molar-refractivity contribution in [3.63, 3.8) is 0 Å². The number of carbonyl (C=O) groups is 3. The molecule has 6 nitrogen and oxygen atoms in total. The van der Waals surface area contributed by atoms with Crippen molar-refractivity contribution in [1.82, 2.24) is 0 Å². The molecule has 0 saturated carbocycles. The fraction of sp³-hybridized carbons (Fsp3) is 0.438. The highest BCUT2D eigenvalue weighted by Gasteiger charge is 2.51. The van der Waals surface area contributed by atoms with E-state index < -0.39 is 59.8 Å². The summed E-state index contributed by atoms with van der Waals surface area (Å²) in [6, 6.07) is 4.29. The van der Waals surface area contributed by atoms with Crippen LogP contribution in [0.25, 0.3) is 0 Å². The molecule has 150 valence electrons. The maximum atomic E-state index is 13.8. The molecule has 0 aliphatic heterocycles. The second kappa shape index (κ2) is 8.31. The molecule has 1 N–H and O–H groups in total. The molecule has 0 aliphatic rings. The zero-order valence-corrected chi connectivity index (χ0v) is 14.0. The van der Waals surface area contributed by atoms with Crippen molar-refractivity contribution in [3.8, 4) is 0 Å². The Morgan fingerprint density at radius 2 is 1.48 bits per heavy atom. The van der Waals surface area contributed by atoms with E-state index >= 15 is 0 Å². The van der Waals surface area contributed by atoms with Gasteiger partial charge < -0.3 is 14.6 Å². The fourth-order valence-corrected chi connectivity index (χ4v) is 1.99. The minimum atomic E-state index is -4.81. The van der Waals surface area contributed by atoms with Crippen LogP contribution < -0.4 is 0 Å². The Labute approximate surface area is 149 Å². The monoisotopic (exact) mass is 398 g/mol. The van der Waals surface area contributed by atoms with Crippen LogP contribution in [-0.2, 0) is 14.3 Å². The number of aliphatic carboxylic acids is 1. The molecule has 1 aromatic rings. The molecule has 0 radical (unpaired) electrons. The van der Waals surface area contributed by atoms with E-state index in [-0.39, 0.29) is 0 Å². The third kappa shape index (κ3) is 5.90. The van der Waals surface area contributed by atoms with Gasteiger partial charge in [0.05, 0.1) is 11.1 Å².